The fraction of sp³-hybridized carbons (Fsp3) is 0.158. The van der Waals surface area contributed by atoms with Crippen LogP contribution in [0.3, 0.4) is 0 Å². The number of hydrogen-bond acceptors (Lipinski definition) is 5. The molecule has 0 fully saturated rings. The maximum atomic E-state index is 5.20. The van der Waals surface area contributed by atoms with Crippen molar-refractivity contribution in [1.82, 2.24) is 4.98 Å². The Balaban J connectivity index is 1.72. The molecular weight excluding hydrogens is 318 g/mol. The van der Waals surface area contributed by atoms with Gasteiger partial charge in [-0.3, -0.25) is 5.43 Å². The van der Waals surface area contributed by atoms with E-state index in [1.807, 2.05) is 29.6 Å². The van der Waals surface area contributed by atoms with Crippen LogP contribution in [0.2, 0.25) is 0 Å². The highest BCUT2D eigenvalue weighted by Gasteiger charge is 2.07. The fourth-order valence-corrected chi connectivity index (χ4v) is 3.00. The second-order valence-corrected chi connectivity index (χ2v) is 6.36. The summed E-state index contributed by atoms with van der Waals surface area (Å²) >= 11 is 1.54. The van der Waals surface area contributed by atoms with E-state index in [1.54, 1.807) is 24.7 Å². The number of aromatic nitrogens is 1. The SMILES string of the molecule is COc1cccc(/C=N/Nc2nc(-c3cc(C)ccc3C)cs2)c1. The number of benzene rings is 2. The monoisotopic (exact) mass is 337 g/mol. The molecule has 2 aromatic carbocycles. The molecular formula is C19H19N3OS. The summed E-state index contributed by atoms with van der Waals surface area (Å²) in [4.78, 5) is 4.62. The molecule has 3 rings (SSSR count). The molecule has 0 radical (unpaired) electrons. The number of anilines is 1. The lowest BCUT2D eigenvalue weighted by atomic mass is 10.0. The Morgan fingerprint density at radius 1 is 1.17 bits per heavy atom. The van der Waals surface area contributed by atoms with Gasteiger partial charge in [0.1, 0.15) is 5.75 Å². The van der Waals surface area contributed by atoms with Crippen LogP contribution in [-0.2, 0) is 0 Å². The van der Waals surface area contributed by atoms with E-state index in [-0.39, 0.29) is 0 Å². The Morgan fingerprint density at radius 2 is 2.04 bits per heavy atom. The Bertz CT molecular complexity index is 871. The van der Waals surface area contributed by atoms with Crippen molar-refractivity contribution >= 4 is 22.7 Å². The van der Waals surface area contributed by atoms with Crippen molar-refractivity contribution < 1.29 is 4.74 Å². The molecule has 0 amide bonds. The summed E-state index contributed by atoms with van der Waals surface area (Å²) in [5, 5.41) is 7.07. The van der Waals surface area contributed by atoms with Gasteiger partial charge in [0, 0.05) is 10.9 Å². The first-order valence-electron chi connectivity index (χ1n) is 7.62. The van der Waals surface area contributed by atoms with Gasteiger partial charge in [-0.15, -0.1) is 11.3 Å². The molecule has 0 aliphatic carbocycles. The van der Waals surface area contributed by atoms with Crippen molar-refractivity contribution in [1.29, 1.82) is 0 Å². The Morgan fingerprint density at radius 3 is 2.88 bits per heavy atom. The molecule has 0 aliphatic rings. The Labute approximate surface area is 145 Å². The van der Waals surface area contributed by atoms with Crippen LogP contribution in [0, 0.1) is 13.8 Å². The number of hydrazone groups is 1. The molecule has 122 valence electrons. The van der Waals surface area contributed by atoms with Crippen molar-refractivity contribution in [3.63, 3.8) is 0 Å². The lowest BCUT2D eigenvalue weighted by molar-refractivity contribution is 0.415. The summed E-state index contributed by atoms with van der Waals surface area (Å²) < 4.78 is 5.20. The molecule has 4 nitrogen and oxygen atoms in total. The summed E-state index contributed by atoms with van der Waals surface area (Å²) in [7, 11) is 1.65. The van der Waals surface area contributed by atoms with Crippen LogP contribution < -0.4 is 10.2 Å². The van der Waals surface area contributed by atoms with E-state index in [0.29, 0.717) is 0 Å². The number of nitrogens with zero attached hydrogens (tertiary/aromatic N) is 2. The lowest BCUT2D eigenvalue weighted by Crippen LogP contribution is -1.91. The average Bonchev–Trinajstić information content (AvgIpc) is 3.06. The first-order chi connectivity index (χ1) is 11.7. The van der Waals surface area contributed by atoms with Crippen molar-refractivity contribution in [2.24, 2.45) is 5.10 Å². The second-order valence-electron chi connectivity index (χ2n) is 5.50. The van der Waals surface area contributed by atoms with Gasteiger partial charge in [-0.25, -0.2) is 4.98 Å². The average molecular weight is 337 g/mol. The van der Waals surface area contributed by atoms with Crippen LogP contribution in [0.15, 0.2) is 52.9 Å². The van der Waals surface area contributed by atoms with E-state index in [1.165, 1.54) is 11.1 Å². The topological polar surface area (TPSA) is 46.5 Å². The first kappa shape index (κ1) is 16.2. The summed E-state index contributed by atoms with van der Waals surface area (Å²) in [5.41, 5.74) is 8.54. The molecule has 0 spiro atoms. The highest BCUT2D eigenvalue weighted by molar-refractivity contribution is 7.14. The number of hydrogen-bond donors (Lipinski definition) is 1. The third kappa shape index (κ3) is 3.81. The summed E-state index contributed by atoms with van der Waals surface area (Å²) in [6.07, 6.45) is 1.75. The summed E-state index contributed by atoms with van der Waals surface area (Å²) in [5.74, 6) is 0.811. The van der Waals surface area contributed by atoms with Crippen LogP contribution >= 0.6 is 11.3 Å². The predicted molar refractivity (Wildman–Crippen MR) is 101 cm³/mol. The molecule has 1 N–H and O–H groups in total. The highest BCUT2D eigenvalue weighted by Crippen LogP contribution is 2.28. The third-order valence-electron chi connectivity index (χ3n) is 3.64. The van der Waals surface area contributed by atoms with Gasteiger partial charge in [-0.05, 0) is 43.2 Å². The zero-order valence-corrected chi connectivity index (χ0v) is 14.7. The van der Waals surface area contributed by atoms with E-state index < -0.39 is 0 Å². The largest absolute Gasteiger partial charge is 0.497 e. The highest BCUT2D eigenvalue weighted by atomic mass is 32.1. The quantitative estimate of drug-likeness (QED) is 0.533. The van der Waals surface area contributed by atoms with E-state index in [2.05, 4.69) is 47.6 Å². The molecule has 0 saturated heterocycles. The van der Waals surface area contributed by atoms with Gasteiger partial charge in [0.25, 0.3) is 0 Å². The van der Waals surface area contributed by atoms with Gasteiger partial charge >= 0.3 is 0 Å². The maximum Gasteiger partial charge on any atom is 0.203 e. The van der Waals surface area contributed by atoms with Crippen molar-refractivity contribution in [2.75, 3.05) is 12.5 Å². The number of thiazole rings is 1. The smallest absolute Gasteiger partial charge is 0.203 e. The molecule has 0 bridgehead atoms. The lowest BCUT2D eigenvalue weighted by Gasteiger charge is -2.03. The predicted octanol–water partition coefficient (Wildman–Crippen LogP) is 4.88. The van der Waals surface area contributed by atoms with Gasteiger partial charge in [0.15, 0.2) is 0 Å². The maximum absolute atomic E-state index is 5.20. The normalized spacial score (nSPS) is 11.0. The Hall–Kier alpha value is -2.66. The second kappa shape index (κ2) is 7.27. The zero-order valence-electron chi connectivity index (χ0n) is 13.9. The molecule has 0 saturated carbocycles. The molecule has 0 aliphatic heterocycles. The number of rotatable bonds is 5. The van der Waals surface area contributed by atoms with Crippen molar-refractivity contribution in [3.8, 4) is 17.0 Å². The first-order valence-corrected chi connectivity index (χ1v) is 8.50. The van der Waals surface area contributed by atoms with Gasteiger partial charge in [-0.2, -0.15) is 5.10 Å². The standard InChI is InChI=1S/C19H19N3OS/c1-13-7-8-14(2)17(9-13)18-12-24-19(21-18)22-20-11-15-5-4-6-16(10-15)23-3/h4-12H,1-3H3,(H,21,22)/b20-11+. The van der Waals surface area contributed by atoms with Gasteiger partial charge < -0.3 is 4.74 Å². The van der Waals surface area contributed by atoms with Crippen LogP contribution in [0.4, 0.5) is 5.13 Å². The van der Waals surface area contributed by atoms with Crippen molar-refractivity contribution in [2.45, 2.75) is 13.8 Å². The minimum absolute atomic E-state index is 0.769. The number of ether oxygens (including phenoxy) is 1. The van der Waals surface area contributed by atoms with Crippen molar-refractivity contribution in [3.05, 3.63) is 64.5 Å². The summed E-state index contributed by atoms with van der Waals surface area (Å²) in [6.45, 7) is 4.19. The van der Waals surface area contributed by atoms with E-state index in [9.17, 15) is 0 Å². The zero-order chi connectivity index (χ0) is 16.9. The minimum atomic E-state index is 0.769. The molecule has 0 unspecified atom stereocenters. The number of nitrogens with one attached hydrogen (secondary N) is 1. The fourth-order valence-electron chi connectivity index (χ4n) is 2.34. The van der Waals surface area contributed by atoms with E-state index in [0.717, 1.165) is 27.7 Å². The van der Waals surface area contributed by atoms with Crippen LogP contribution in [0.1, 0.15) is 16.7 Å². The van der Waals surface area contributed by atoms with Gasteiger partial charge in [0.05, 0.1) is 19.0 Å². The molecule has 1 aromatic heterocycles. The van der Waals surface area contributed by atoms with Gasteiger partial charge in [0.2, 0.25) is 5.13 Å². The van der Waals surface area contributed by atoms with E-state index in [4.69, 9.17) is 4.74 Å². The van der Waals surface area contributed by atoms with Crippen LogP contribution in [0.25, 0.3) is 11.3 Å². The molecule has 0 atom stereocenters. The van der Waals surface area contributed by atoms with Gasteiger partial charge in [-0.1, -0.05) is 29.8 Å². The summed E-state index contributed by atoms with van der Waals surface area (Å²) in [6, 6.07) is 14.1. The number of aryl methyl sites for hydroxylation is 2. The molecule has 5 heteroatoms. The van der Waals surface area contributed by atoms with Crippen LogP contribution in [-0.4, -0.2) is 18.3 Å². The van der Waals surface area contributed by atoms with E-state index >= 15 is 0 Å². The molecule has 1 heterocycles. The minimum Gasteiger partial charge on any atom is -0.497 e. The number of methoxy groups -OCH3 is 1. The van der Waals surface area contributed by atoms with Crippen LogP contribution in [0.5, 0.6) is 5.75 Å². The molecule has 3 aromatic rings. The Kier molecular flexibility index (Phi) is 4.91. The third-order valence-corrected chi connectivity index (χ3v) is 4.39. The molecule has 24 heavy (non-hydrogen) atoms.